The second-order valence-electron chi connectivity index (χ2n) is 10.0. The van der Waals surface area contributed by atoms with Gasteiger partial charge in [0.05, 0.1) is 20.3 Å². The van der Waals surface area contributed by atoms with Crippen molar-refractivity contribution in [3.8, 4) is 5.75 Å². The first-order chi connectivity index (χ1) is 19.0. The van der Waals surface area contributed by atoms with Crippen LogP contribution in [0, 0.1) is 0 Å². The molecule has 1 fully saturated rings. The number of nitrogens with zero attached hydrogens (tertiary/aromatic N) is 3. The minimum absolute atomic E-state index is 0.00330. The third kappa shape index (κ3) is 7.96. The van der Waals surface area contributed by atoms with E-state index in [1.807, 2.05) is 23.1 Å². The Morgan fingerprint density at radius 3 is 2.49 bits per heavy atom. The molecule has 1 aliphatic rings. The number of benzene rings is 2. The maximum atomic E-state index is 14.0. The summed E-state index contributed by atoms with van der Waals surface area (Å²) in [6.45, 7) is 1.93. The van der Waals surface area contributed by atoms with Crippen LogP contribution in [0.3, 0.4) is 0 Å². The van der Waals surface area contributed by atoms with Gasteiger partial charge in [-0.15, -0.1) is 0 Å². The van der Waals surface area contributed by atoms with Crippen LogP contribution < -0.4 is 4.74 Å². The fraction of sp³-hybridized carbons (Fsp3) is 0.419. The van der Waals surface area contributed by atoms with Gasteiger partial charge >= 0.3 is 0 Å². The summed E-state index contributed by atoms with van der Waals surface area (Å²) in [5.74, 6) is 0.362. The number of rotatable bonds is 12. The topological polar surface area (TPSA) is 64.0 Å². The second-order valence-corrected chi connectivity index (χ2v) is 10.9. The largest absolute Gasteiger partial charge is 0.497 e. The zero-order valence-corrected chi connectivity index (χ0v) is 24.4. The highest BCUT2D eigenvalue weighted by Gasteiger charge is 2.29. The summed E-state index contributed by atoms with van der Waals surface area (Å²) in [5, 5.41) is 0. The van der Waals surface area contributed by atoms with E-state index < -0.39 is 0 Å². The molecular weight excluding hydrogens is 558 g/mol. The highest BCUT2D eigenvalue weighted by molar-refractivity contribution is 9.10. The molecule has 0 N–H and O–H groups in total. The van der Waals surface area contributed by atoms with E-state index in [0.29, 0.717) is 31.0 Å². The number of ether oxygens (including phenoxy) is 2. The number of carbonyl (C=O) groups excluding carboxylic acids is 2. The van der Waals surface area contributed by atoms with Crippen LogP contribution in [0.15, 0.2) is 71.3 Å². The van der Waals surface area contributed by atoms with Crippen molar-refractivity contribution < 1.29 is 19.1 Å². The average Bonchev–Trinajstić information content (AvgIpc) is 3.41. The van der Waals surface area contributed by atoms with E-state index in [2.05, 4.69) is 44.9 Å². The number of hydrogen-bond acceptors (Lipinski definition) is 4. The van der Waals surface area contributed by atoms with Gasteiger partial charge in [0.25, 0.3) is 5.91 Å². The molecule has 39 heavy (non-hydrogen) atoms. The van der Waals surface area contributed by atoms with Gasteiger partial charge in [-0.1, -0.05) is 53.4 Å². The molecule has 2 aromatic carbocycles. The van der Waals surface area contributed by atoms with E-state index >= 15 is 0 Å². The van der Waals surface area contributed by atoms with E-state index in [4.69, 9.17) is 9.47 Å². The third-order valence-electron chi connectivity index (χ3n) is 7.35. The zero-order chi connectivity index (χ0) is 27.6. The molecule has 208 valence electrons. The van der Waals surface area contributed by atoms with E-state index in [-0.39, 0.29) is 24.4 Å². The molecule has 1 heterocycles. The van der Waals surface area contributed by atoms with Gasteiger partial charge in [0.1, 0.15) is 12.3 Å². The lowest BCUT2D eigenvalue weighted by Crippen LogP contribution is -2.48. The van der Waals surface area contributed by atoms with Crippen molar-refractivity contribution in [1.82, 2.24) is 14.4 Å². The first-order valence-corrected chi connectivity index (χ1v) is 14.4. The van der Waals surface area contributed by atoms with Gasteiger partial charge in [0, 0.05) is 48.2 Å². The summed E-state index contributed by atoms with van der Waals surface area (Å²) in [7, 11) is 3.17. The molecular formula is C31H38BrN3O4. The van der Waals surface area contributed by atoms with Crippen LogP contribution in [-0.2, 0) is 22.6 Å². The molecule has 0 atom stereocenters. The molecule has 0 bridgehead atoms. The summed E-state index contributed by atoms with van der Waals surface area (Å²) >= 11 is 3.50. The lowest BCUT2D eigenvalue weighted by atomic mass is 9.94. The molecule has 2 amide bonds. The molecule has 4 rings (SSSR count). The highest BCUT2D eigenvalue weighted by atomic mass is 79.9. The van der Waals surface area contributed by atoms with Crippen molar-refractivity contribution in [3.63, 3.8) is 0 Å². The van der Waals surface area contributed by atoms with E-state index in [0.717, 1.165) is 42.4 Å². The number of halogens is 1. The van der Waals surface area contributed by atoms with Crippen molar-refractivity contribution in [3.05, 3.63) is 88.2 Å². The SMILES string of the molecule is COCCN(CC(=O)N(Cc1cccn1Cc1ccc(Br)cc1)C1CCCCC1)C(=O)c1cccc(OC)c1. The lowest BCUT2D eigenvalue weighted by Gasteiger charge is -2.36. The van der Waals surface area contributed by atoms with E-state index in [1.165, 1.54) is 12.0 Å². The Bertz CT molecular complexity index is 1220. The molecule has 1 aliphatic carbocycles. The summed E-state index contributed by atoms with van der Waals surface area (Å²) < 4.78 is 13.8. The van der Waals surface area contributed by atoms with Crippen LogP contribution >= 0.6 is 15.9 Å². The molecule has 0 saturated heterocycles. The van der Waals surface area contributed by atoms with Crippen molar-refractivity contribution in [2.45, 2.75) is 51.2 Å². The van der Waals surface area contributed by atoms with Gasteiger partial charge in [-0.3, -0.25) is 9.59 Å². The first-order valence-electron chi connectivity index (χ1n) is 13.6. The molecule has 7 nitrogen and oxygen atoms in total. The van der Waals surface area contributed by atoms with Crippen LogP contribution in [-0.4, -0.2) is 66.1 Å². The van der Waals surface area contributed by atoms with Crippen LogP contribution in [0.4, 0.5) is 0 Å². The summed E-state index contributed by atoms with van der Waals surface area (Å²) in [5.41, 5.74) is 2.77. The lowest BCUT2D eigenvalue weighted by molar-refractivity contribution is -0.135. The fourth-order valence-corrected chi connectivity index (χ4v) is 5.43. The standard InChI is InChI=1S/C31H38BrN3O4/c1-38-19-18-34(31(37)25-8-6-12-29(20-25)39-2)23-30(36)35(27-9-4-3-5-10-27)22-28-11-7-17-33(28)21-24-13-15-26(32)16-14-24/h6-8,11-17,20,27H,3-5,9-10,18-19,21-23H2,1-2H3. The molecule has 0 spiro atoms. The number of amides is 2. The van der Waals surface area contributed by atoms with Crippen LogP contribution in [0.25, 0.3) is 0 Å². The van der Waals surface area contributed by atoms with Crippen molar-refractivity contribution in [2.24, 2.45) is 0 Å². The van der Waals surface area contributed by atoms with Gasteiger partial charge in [0.2, 0.25) is 5.91 Å². The molecule has 0 aliphatic heterocycles. The number of aromatic nitrogens is 1. The summed E-state index contributed by atoms with van der Waals surface area (Å²) in [6, 6.07) is 19.6. The Labute approximate surface area is 239 Å². The van der Waals surface area contributed by atoms with Gasteiger partial charge in [-0.05, 0) is 60.9 Å². The maximum absolute atomic E-state index is 14.0. The summed E-state index contributed by atoms with van der Waals surface area (Å²) in [4.78, 5) is 31.0. The number of methoxy groups -OCH3 is 2. The van der Waals surface area contributed by atoms with Crippen molar-refractivity contribution >= 4 is 27.7 Å². The zero-order valence-electron chi connectivity index (χ0n) is 22.9. The van der Waals surface area contributed by atoms with Crippen molar-refractivity contribution in [1.29, 1.82) is 0 Å². The molecule has 1 saturated carbocycles. The second kappa shape index (κ2) is 14.3. The van der Waals surface area contributed by atoms with E-state index in [1.54, 1.807) is 43.4 Å². The predicted molar refractivity (Wildman–Crippen MR) is 156 cm³/mol. The number of hydrogen-bond donors (Lipinski definition) is 0. The number of carbonyl (C=O) groups is 2. The maximum Gasteiger partial charge on any atom is 0.254 e. The van der Waals surface area contributed by atoms with E-state index in [9.17, 15) is 9.59 Å². The van der Waals surface area contributed by atoms with Crippen LogP contribution in [0.5, 0.6) is 5.75 Å². The van der Waals surface area contributed by atoms with Crippen molar-refractivity contribution in [2.75, 3.05) is 33.9 Å². The van der Waals surface area contributed by atoms with Gasteiger partial charge in [-0.2, -0.15) is 0 Å². The Hall–Kier alpha value is -3.10. The van der Waals surface area contributed by atoms with Crippen LogP contribution in [0.1, 0.15) is 53.7 Å². The average molecular weight is 597 g/mol. The Kier molecular flexibility index (Phi) is 10.6. The highest BCUT2D eigenvalue weighted by Crippen LogP contribution is 2.25. The minimum atomic E-state index is -0.207. The first kappa shape index (κ1) is 28.9. The normalized spacial score (nSPS) is 13.7. The van der Waals surface area contributed by atoms with Gasteiger partial charge in [0.15, 0.2) is 0 Å². The quantitative estimate of drug-likeness (QED) is 0.267. The van der Waals surface area contributed by atoms with Gasteiger partial charge < -0.3 is 23.8 Å². The van der Waals surface area contributed by atoms with Crippen LogP contribution in [0.2, 0.25) is 0 Å². The molecule has 0 radical (unpaired) electrons. The van der Waals surface area contributed by atoms with Gasteiger partial charge in [-0.25, -0.2) is 0 Å². The smallest absolute Gasteiger partial charge is 0.254 e. The molecule has 8 heteroatoms. The summed E-state index contributed by atoms with van der Waals surface area (Å²) in [6.07, 6.45) is 7.47. The third-order valence-corrected chi connectivity index (χ3v) is 7.88. The Balaban J connectivity index is 1.54. The molecule has 3 aromatic rings. The Morgan fingerprint density at radius 1 is 1.00 bits per heavy atom. The monoisotopic (exact) mass is 595 g/mol. The minimum Gasteiger partial charge on any atom is -0.497 e. The molecule has 0 unspecified atom stereocenters. The molecule has 1 aromatic heterocycles. The fourth-order valence-electron chi connectivity index (χ4n) is 5.17. The Morgan fingerprint density at radius 2 is 1.77 bits per heavy atom. The predicted octanol–water partition coefficient (Wildman–Crippen LogP) is 5.76.